The van der Waals surface area contributed by atoms with E-state index in [0.29, 0.717) is 17.0 Å². The van der Waals surface area contributed by atoms with Gasteiger partial charge in [-0.2, -0.15) is 0 Å². The molecule has 1 aromatic heterocycles. The zero-order valence-corrected chi connectivity index (χ0v) is 16.7. The Morgan fingerprint density at radius 1 is 1.17 bits per heavy atom. The summed E-state index contributed by atoms with van der Waals surface area (Å²) in [5.74, 6) is -0.938. The number of thiazole rings is 1. The standard InChI is InChI=1S/C18H15N3O6S2/c1-27-14-6-8-15(9-7-14)29(25,26)11-17(22)20-18-19-16(10-28-18)12-2-4-13(5-3-12)21(23)24/h2-10H,11H2,1H3,(H,19,20,22). The van der Waals surface area contributed by atoms with Crippen molar-refractivity contribution in [2.45, 2.75) is 4.90 Å². The number of methoxy groups -OCH3 is 1. The average Bonchev–Trinajstić information content (AvgIpc) is 3.16. The average molecular weight is 433 g/mol. The second-order valence-electron chi connectivity index (χ2n) is 5.82. The summed E-state index contributed by atoms with van der Waals surface area (Å²) < 4.78 is 29.7. The van der Waals surface area contributed by atoms with Crippen molar-refractivity contribution in [1.29, 1.82) is 0 Å². The molecule has 2 aromatic carbocycles. The third-order valence-corrected chi connectivity index (χ3v) is 6.25. The largest absolute Gasteiger partial charge is 0.497 e. The van der Waals surface area contributed by atoms with Crippen LogP contribution in [0.25, 0.3) is 11.3 Å². The first kappa shape index (κ1) is 20.4. The number of nitrogens with zero attached hydrogens (tertiary/aromatic N) is 2. The Bertz CT molecular complexity index is 1140. The van der Waals surface area contributed by atoms with Gasteiger partial charge in [0, 0.05) is 23.1 Å². The van der Waals surface area contributed by atoms with Crippen LogP contribution in [-0.4, -0.2) is 37.1 Å². The summed E-state index contributed by atoms with van der Waals surface area (Å²) in [6.45, 7) is 0. The maximum Gasteiger partial charge on any atom is 0.269 e. The molecular weight excluding hydrogens is 418 g/mol. The van der Waals surface area contributed by atoms with Gasteiger partial charge in [-0.25, -0.2) is 13.4 Å². The van der Waals surface area contributed by atoms with Gasteiger partial charge in [-0.1, -0.05) is 0 Å². The molecule has 0 bridgehead atoms. The van der Waals surface area contributed by atoms with Gasteiger partial charge < -0.3 is 10.1 Å². The van der Waals surface area contributed by atoms with Crippen LogP contribution in [0.5, 0.6) is 5.75 Å². The van der Waals surface area contributed by atoms with Crippen molar-refractivity contribution in [2.24, 2.45) is 0 Å². The summed E-state index contributed by atoms with van der Waals surface area (Å²) in [6.07, 6.45) is 0. The molecule has 0 unspecified atom stereocenters. The summed E-state index contributed by atoms with van der Waals surface area (Å²) in [5.41, 5.74) is 1.11. The van der Waals surface area contributed by atoms with Gasteiger partial charge in [0.1, 0.15) is 11.5 Å². The molecule has 0 saturated carbocycles. The zero-order chi connectivity index (χ0) is 21.0. The van der Waals surface area contributed by atoms with E-state index in [-0.39, 0.29) is 15.7 Å². The molecule has 0 fully saturated rings. The third-order valence-electron chi connectivity index (χ3n) is 3.86. The number of carbonyl (C=O) groups is 1. The number of carbonyl (C=O) groups excluding carboxylic acids is 1. The van der Waals surface area contributed by atoms with Crippen LogP contribution in [-0.2, 0) is 14.6 Å². The summed E-state index contributed by atoms with van der Waals surface area (Å²) >= 11 is 1.12. The fourth-order valence-electron chi connectivity index (χ4n) is 2.41. The lowest BCUT2D eigenvalue weighted by Gasteiger charge is -2.05. The molecule has 0 atom stereocenters. The third kappa shape index (κ3) is 4.95. The number of nitro groups is 1. The van der Waals surface area contributed by atoms with E-state index >= 15 is 0 Å². The molecule has 0 spiro atoms. The highest BCUT2D eigenvalue weighted by Crippen LogP contribution is 2.26. The SMILES string of the molecule is COc1ccc(S(=O)(=O)CC(=O)Nc2nc(-c3ccc([N+](=O)[O-])cc3)cs2)cc1. The predicted molar refractivity (Wildman–Crippen MR) is 108 cm³/mol. The second kappa shape index (κ2) is 8.37. The van der Waals surface area contributed by atoms with Crippen molar-refractivity contribution < 1.29 is 22.9 Å². The van der Waals surface area contributed by atoms with Crippen molar-refractivity contribution >= 4 is 37.9 Å². The van der Waals surface area contributed by atoms with Crippen molar-refractivity contribution in [3.8, 4) is 17.0 Å². The molecule has 0 saturated heterocycles. The number of sulfone groups is 1. The molecule has 3 aromatic rings. The fraction of sp³-hybridized carbons (Fsp3) is 0.111. The number of aromatic nitrogens is 1. The summed E-state index contributed by atoms with van der Waals surface area (Å²) in [6, 6.07) is 11.6. The van der Waals surface area contributed by atoms with Gasteiger partial charge in [-0.15, -0.1) is 11.3 Å². The Morgan fingerprint density at radius 3 is 2.41 bits per heavy atom. The maximum absolute atomic E-state index is 12.4. The Kier molecular flexibility index (Phi) is 5.89. The highest BCUT2D eigenvalue weighted by Gasteiger charge is 2.20. The Morgan fingerprint density at radius 2 is 1.83 bits per heavy atom. The smallest absolute Gasteiger partial charge is 0.269 e. The molecule has 11 heteroatoms. The van der Waals surface area contributed by atoms with Crippen molar-refractivity contribution in [3.05, 3.63) is 64.0 Å². The van der Waals surface area contributed by atoms with Crippen LogP contribution in [0, 0.1) is 10.1 Å². The van der Waals surface area contributed by atoms with Crippen LogP contribution < -0.4 is 10.1 Å². The number of nitrogens with one attached hydrogen (secondary N) is 1. The van der Waals surface area contributed by atoms with E-state index in [9.17, 15) is 23.3 Å². The molecule has 0 radical (unpaired) electrons. The number of amides is 1. The van der Waals surface area contributed by atoms with Gasteiger partial charge in [0.05, 0.1) is 22.6 Å². The molecule has 1 amide bonds. The van der Waals surface area contributed by atoms with E-state index in [2.05, 4.69) is 10.3 Å². The fourth-order valence-corrected chi connectivity index (χ4v) is 4.28. The van der Waals surface area contributed by atoms with Crippen LogP contribution in [0.2, 0.25) is 0 Å². The van der Waals surface area contributed by atoms with E-state index in [1.54, 1.807) is 17.5 Å². The minimum atomic E-state index is -3.82. The minimum Gasteiger partial charge on any atom is -0.497 e. The van der Waals surface area contributed by atoms with Gasteiger partial charge in [0.25, 0.3) is 5.69 Å². The molecule has 0 aliphatic rings. The van der Waals surface area contributed by atoms with Gasteiger partial charge in [0.2, 0.25) is 5.91 Å². The monoisotopic (exact) mass is 433 g/mol. The topological polar surface area (TPSA) is 128 Å². The summed E-state index contributed by atoms with van der Waals surface area (Å²) in [4.78, 5) is 26.6. The Hall–Kier alpha value is -3.31. The van der Waals surface area contributed by atoms with Gasteiger partial charge in [-0.05, 0) is 36.4 Å². The molecule has 1 heterocycles. The van der Waals surface area contributed by atoms with Crippen LogP contribution in [0.1, 0.15) is 0 Å². The second-order valence-corrected chi connectivity index (χ2v) is 8.67. The molecule has 0 aliphatic carbocycles. The van der Waals surface area contributed by atoms with Crippen LogP contribution in [0.15, 0.2) is 58.8 Å². The normalized spacial score (nSPS) is 11.1. The van der Waals surface area contributed by atoms with Gasteiger partial charge in [0.15, 0.2) is 15.0 Å². The first-order chi connectivity index (χ1) is 13.8. The number of hydrogen-bond acceptors (Lipinski definition) is 8. The van der Waals surface area contributed by atoms with Crippen LogP contribution >= 0.6 is 11.3 Å². The number of non-ortho nitro benzene ring substituents is 1. The van der Waals surface area contributed by atoms with E-state index in [0.717, 1.165) is 11.3 Å². The number of benzene rings is 2. The Labute approximate surface area is 170 Å². The van der Waals surface area contributed by atoms with Gasteiger partial charge in [-0.3, -0.25) is 14.9 Å². The first-order valence-electron chi connectivity index (χ1n) is 8.15. The van der Waals surface area contributed by atoms with Crippen molar-refractivity contribution in [1.82, 2.24) is 4.98 Å². The van der Waals surface area contributed by atoms with Crippen molar-refractivity contribution in [2.75, 3.05) is 18.2 Å². The van der Waals surface area contributed by atoms with Crippen LogP contribution in [0.3, 0.4) is 0 Å². The number of ether oxygens (including phenoxy) is 1. The van der Waals surface area contributed by atoms with E-state index in [4.69, 9.17) is 4.74 Å². The lowest BCUT2D eigenvalue weighted by Crippen LogP contribution is -2.22. The molecule has 1 N–H and O–H groups in total. The van der Waals surface area contributed by atoms with Crippen molar-refractivity contribution in [3.63, 3.8) is 0 Å². The highest BCUT2D eigenvalue weighted by molar-refractivity contribution is 7.92. The van der Waals surface area contributed by atoms with Gasteiger partial charge >= 0.3 is 0 Å². The number of hydrogen-bond donors (Lipinski definition) is 1. The molecule has 9 nitrogen and oxygen atoms in total. The predicted octanol–water partition coefficient (Wildman–Crippen LogP) is 3.14. The zero-order valence-electron chi connectivity index (χ0n) is 15.1. The number of rotatable bonds is 7. The van der Waals surface area contributed by atoms with Crippen LogP contribution in [0.4, 0.5) is 10.8 Å². The molecule has 29 heavy (non-hydrogen) atoms. The first-order valence-corrected chi connectivity index (χ1v) is 10.7. The highest BCUT2D eigenvalue weighted by atomic mass is 32.2. The lowest BCUT2D eigenvalue weighted by atomic mass is 10.1. The lowest BCUT2D eigenvalue weighted by molar-refractivity contribution is -0.384. The van der Waals surface area contributed by atoms with E-state index < -0.39 is 26.4 Å². The number of nitro benzene ring substituents is 1. The van der Waals surface area contributed by atoms with E-state index in [1.165, 1.54) is 43.5 Å². The molecule has 150 valence electrons. The Balaban J connectivity index is 1.67. The summed E-state index contributed by atoms with van der Waals surface area (Å²) in [7, 11) is -2.35. The maximum atomic E-state index is 12.4. The minimum absolute atomic E-state index is 0.0131. The number of anilines is 1. The molecular formula is C18H15N3O6S2. The summed E-state index contributed by atoms with van der Waals surface area (Å²) in [5, 5.41) is 15.1. The molecule has 3 rings (SSSR count). The van der Waals surface area contributed by atoms with E-state index in [1.807, 2.05) is 0 Å². The molecule has 0 aliphatic heterocycles. The quantitative estimate of drug-likeness (QED) is 0.448.